The van der Waals surface area contributed by atoms with E-state index < -0.39 is 0 Å². The van der Waals surface area contributed by atoms with Gasteiger partial charge in [0.2, 0.25) is 0 Å². The summed E-state index contributed by atoms with van der Waals surface area (Å²) in [5.41, 5.74) is 2.75. The number of benzene rings is 1. The van der Waals surface area contributed by atoms with Crippen molar-refractivity contribution in [2.75, 3.05) is 20.1 Å². The van der Waals surface area contributed by atoms with Crippen LogP contribution in [0.3, 0.4) is 0 Å². The van der Waals surface area contributed by atoms with E-state index in [1.54, 1.807) is 0 Å². The lowest BCUT2D eigenvalue weighted by atomic mass is 9.85. The highest BCUT2D eigenvalue weighted by Gasteiger charge is 2.19. The van der Waals surface area contributed by atoms with Gasteiger partial charge in [-0.2, -0.15) is 0 Å². The van der Waals surface area contributed by atoms with Crippen molar-refractivity contribution in [2.24, 2.45) is 5.92 Å². The second kappa shape index (κ2) is 8.16. The number of hydrogen-bond acceptors (Lipinski definition) is 2. The van der Waals surface area contributed by atoms with E-state index in [1.807, 2.05) is 0 Å². The number of nitrogens with one attached hydrogen (secondary N) is 1. The average molecular weight is 339 g/mol. The minimum absolute atomic E-state index is 0.941. The molecule has 0 aliphatic heterocycles. The van der Waals surface area contributed by atoms with E-state index >= 15 is 0 Å². The molecule has 2 rings (SSSR count). The second-order valence-electron chi connectivity index (χ2n) is 6.10. The zero-order valence-corrected chi connectivity index (χ0v) is 14.4. The third-order valence-corrected chi connectivity index (χ3v) is 4.85. The van der Waals surface area contributed by atoms with Gasteiger partial charge in [-0.3, -0.25) is 0 Å². The van der Waals surface area contributed by atoms with Crippen LogP contribution in [0.1, 0.15) is 43.7 Å². The Morgan fingerprint density at radius 3 is 2.75 bits per heavy atom. The van der Waals surface area contributed by atoms with Gasteiger partial charge in [0.15, 0.2) is 0 Å². The molecule has 0 heterocycles. The van der Waals surface area contributed by atoms with Gasteiger partial charge < -0.3 is 10.2 Å². The number of halogens is 1. The topological polar surface area (TPSA) is 15.3 Å². The first-order valence-electron chi connectivity index (χ1n) is 7.85. The summed E-state index contributed by atoms with van der Waals surface area (Å²) in [7, 11) is 2.24. The van der Waals surface area contributed by atoms with Crippen molar-refractivity contribution in [1.82, 2.24) is 10.2 Å². The minimum Gasteiger partial charge on any atom is -0.313 e. The maximum atomic E-state index is 3.73. The molecule has 112 valence electrons. The van der Waals surface area contributed by atoms with E-state index in [0.717, 1.165) is 25.6 Å². The molecule has 0 atom stereocenters. The van der Waals surface area contributed by atoms with E-state index in [4.69, 9.17) is 0 Å². The summed E-state index contributed by atoms with van der Waals surface area (Å²) in [5, 5.41) is 3.45. The van der Waals surface area contributed by atoms with Crippen molar-refractivity contribution >= 4 is 15.9 Å². The highest BCUT2D eigenvalue weighted by atomic mass is 79.9. The Labute approximate surface area is 132 Å². The molecule has 0 amide bonds. The van der Waals surface area contributed by atoms with Crippen LogP contribution in [-0.2, 0) is 13.1 Å². The van der Waals surface area contributed by atoms with Crippen molar-refractivity contribution in [3.63, 3.8) is 0 Å². The molecule has 1 saturated carbocycles. The molecule has 0 radical (unpaired) electrons. The summed E-state index contributed by atoms with van der Waals surface area (Å²) in [5.74, 6) is 0.941. The van der Waals surface area contributed by atoms with Crippen LogP contribution >= 0.6 is 15.9 Å². The summed E-state index contributed by atoms with van der Waals surface area (Å²) < 4.78 is 1.24. The predicted octanol–water partition coefficient (Wildman–Crippen LogP) is 4.18. The van der Waals surface area contributed by atoms with Crippen molar-refractivity contribution in [2.45, 2.75) is 45.7 Å². The van der Waals surface area contributed by atoms with E-state index in [-0.39, 0.29) is 0 Å². The van der Waals surface area contributed by atoms with Crippen LogP contribution in [-0.4, -0.2) is 25.0 Å². The Balaban J connectivity index is 1.84. The Morgan fingerprint density at radius 2 is 2.15 bits per heavy atom. The van der Waals surface area contributed by atoms with E-state index in [9.17, 15) is 0 Å². The van der Waals surface area contributed by atoms with Crippen LogP contribution in [0.2, 0.25) is 0 Å². The maximum Gasteiger partial charge on any atom is 0.0242 e. The zero-order chi connectivity index (χ0) is 14.4. The molecule has 0 aromatic heterocycles. The third kappa shape index (κ3) is 4.87. The Bertz CT molecular complexity index is 415. The van der Waals surface area contributed by atoms with Gasteiger partial charge in [0.05, 0.1) is 0 Å². The zero-order valence-electron chi connectivity index (χ0n) is 12.8. The van der Waals surface area contributed by atoms with Gasteiger partial charge >= 0.3 is 0 Å². The highest BCUT2D eigenvalue weighted by Crippen LogP contribution is 2.28. The van der Waals surface area contributed by atoms with E-state index in [0.29, 0.717) is 0 Å². The lowest BCUT2D eigenvalue weighted by molar-refractivity contribution is 0.200. The molecule has 1 aliphatic carbocycles. The van der Waals surface area contributed by atoms with Crippen molar-refractivity contribution in [3.8, 4) is 0 Å². The van der Waals surface area contributed by atoms with Gasteiger partial charge in [0, 0.05) is 24.1 Å². The molecule has 0 spiro atoms. The summed E-state index contributed by atoms with van der Waals surface area (Å²) >= 11 is 3.73. The van der Waals surface area contributed by atoms with E-state index in [2.05, 4.69) is 58.3 Å². The standard InChI is InChI=1S/C17H27BrN2/c1-3-9-19-11-15-7-8-16(17(18)10-15)13-20(2)12-14-5-4-6-14/h7-8,10,14,19H,3-6,9,11-13H2,1-2H3. The van der Waals surface area contributed by atoms with Crippen LogP contribution < -0.4 is 5.32 Å². The molecule has 0 bridgehead atoms. The summed E-state index contributed by atoms with van der Waals surface area (Å²) in [6.07, 6.45) is 5.47. The molecule has 20 heavy (non-hydrogen) atoms. The van der Waals surface area contributed by atoms with Crippen LogP contribution in [0.15, 0.2) is 22.7 Å². The molecule has 3 heteroatoms. The predicted molar refractivity (Wildman–Crippen MR) is 89.8 cm³/mol. The second-order valence-corrected chi connectivity index (χ2v) is 6.95. The molecular weight excluding hydrogens is 312 g/mol. The molecule has 2 nitrogen and oxygen atoms in total. The van der Waals surface area contributed by atoms with Crippen LogP contribution in [0.4, 0.5) is 0 Å². The monoisotopic (exact) mass is 338 g/mol. The van der Waals surface area contributed by atoms with E-state index in [1.165, 1.54) is 47.8 Å². The minimum atomic E-state index is 0.941. The van der Waals surface area contributed by atoms with Gasteiger partial charge in [-0.1, -0.05) is 41.4 Å². The smallest absolute Gasteiger partial charge is 0.0242 e. The molecule has 1 aliphatic rings. The lowest BCUT2D eigenvalue weighted by Crippen LogP contribution is -2.29. The first-order valence-corrected chi connectivity index (χ1v) is 8.65. The lowest BCUT2D eigenvalue weighted by Gasteiger charge is -2.30. The normalized spacial score (nSPS) is 15.6. The highest BCUT2D eigenvalue weighted by molar-refractivity contribution is 9.10. The molecule has 0 unspecified atom stereocenters. The summed E-state index contributed by atoms with van der Waals surface area (Å²) in [4.78, 5) is 2.46. The molecular formula is C17H27BrN2. The largest absolute Gasteiger partial charge is 0.313 e. The molecule has 1 aromatic carbocycles. The fourth-order valence-corrected chi connectivity index (χ4v) is 3.26. The molecule has 1 N–H and O–H groups in total. The molecule has 1 fully saturated rings. The fourth-order valence-electron chi connectivity index (χ4n) is 2.71. The molecule has 1 aromatic rings. The Morgan fingerprint density at radius 1 is 1.35 bits per heavy atom. The summed E-state index contributed by atoms with van der Waals surface area (Å²) in [6.45, 7) is 6.53. The van der Waals surface area contributed by atoms with Gasteiger partial charge in [0.25, 0.3) is 0 Å². The fraction of sp³-hybridized carbons (Fsp3) is 0.647. The Kier molecular flexibility index (Phi) is 6.53. The van der Waals surface area contributed by atoms with Crippen molar-refractivity contribution in [1.29, 1.82) is 0 Å². The molecule has 0 saturated heterocycles. The Hall–Kier alpha value is -0.380. The summed E-state index contributed by atoms with van der Waals surface area (Å²) in [6, 6.07) is 6.78. The van der Waals surface area contributed by atoms with Crippen LogP contribution in [0.25, 0.3) is 0 Å². The quantitative estimate of drug-likeness (QED) is 0.715. The van der Waals surface area contributed by atoms with Crippen LogP contribution in [0, 0.1) is 5.92 Å². The third-order valence-electron chi connectivity index (χ3n) is 4.11. The van der Waals surface area contributed by atoms with Gasteiger partial charge in [-0.15, -0.1) is 0 Å². The average Bonchev–Trinajstić information content (AvgIpc) is 2.37. The number of nitrogens with zero attached hydrogens (tertiary/aromatic N) is 1. The van der Waals surface area contributed by atoms with Crippen molar-refractivity contribution in [3.05, 3.63) is 33.8 Å². The first kappa shape index (κ1) is 16.0. The SMILES string of the molecule is CCCNCc1ccc(CN(C)CC2CCC2)c(Br)c1. The van der Waals surface area contributed by atoms with Crippen molar-refractivity contribution < 1.29 is 0 Å². The maximum absolute atomic E-state index is 3.73. The van der Waals surface area contributed by atoms with Gasteiger partial charge in [-0.25, -0.2) is 0 Å². The number of hydrogen-bond donors (Lipinski definition) is 1. The van der Waals surface area contributed by atoms with Gasteiger partial charge in [0.1, 0.15) is 0 Å². The first-order chi connectivity index (χ1) is 9.69. The number of rotatable bonds is 8. The van der Waals surface area contributed by atoms with Gasteiger partial charge in [-0.05, 0) is 56.0 Å². The van der Waals surface area contributed by atoms with Crippen LogP contribution in [0.5, 0.6) is 0 Å².